The van der Waals surface area contributed by atoms with Gasteiger partial charge in [0, 0.05) is 10.6 Å². The van der Waals surface area contributed by atoms with Gasteiger partial charge in [-0.15, -0.1) is 0 Å². The minimum absolute atomic E-state index is 0.0533. The predicted molar refractivity (Wildman–Crippen MR) is 151 cm³/mol. The van der Waals surface area contributed by atoms with Gasteiger partial charge in [-0.2, -0.15) is 23.4 Å². The number of carbonyl (C=O) groups is 1. The molecule has 212 valence electrons. The second kappa shape index (κ2) is 10.3. The van der Waals surface area contributed by atoms with Crippen LogP contribution in [0.1, 0.15) is 33.0 Å². The third-order valence-electron chi connectivity index (χ3n) is 7.03. The Labute approximate surface area is 241 Å². The summed E-state index contributed by atoms with van der Waals surface area (Å²) in [5, 5.41) is 12.9. The Balaban J connectivity index is 1.40. The molecule has 0 atom stereocenters. The van der Waals surface area contributed by atoms with Crippen molar-refractivity contribution in [2.24, 2.45) is 0 Å². The van der Waals surface area contributed by atoms with Gasteiger partial charge in [0.2, 0.25) is 0 Å². The Kier molecular flexibility index (Phi) is 6.69. The summed E-state index contributed by atoms with van der Waals surface area (Å²) < 4.78 is 58.3. The summed E-state index contributed by atoms with van der Waals surface area (Å²) in [6.45, 7) is 3.62. The molecule has 0 bridgehead atoms. The molecule has 3 heterocycles. The lowest BCUT2D eigenvalue weighted by Gasteiger charge is -2.13. The first-order valence-corrected chi connectivity index (χ1v) is 13.1. The Hall–Kier alpha value is -4.77. The minimum Gasteiger partial charge on any atom is -0.319 e. The molecule has 0 fully saturated rings. The van der Waals surface area contributed by atoms with E-state index in [1.807, 2.05) is 18.2 Å². The van der Waals surface area contributed by atoms with Crippen molar-refractivity contribution in [2.75, 3.05) is 5.32 Å². The number of fused-ring (bicyclic) bond motifs is 2. The molecule has 0 aliphatic rings. The summed E-state index contributed by atoms with van der Waals surface area (Å²) in [6.07, 6.45) is -3.70. The number of hydrogen-bond donors (Lipinski definition) is 1. The average molecular weight is 593 g/mol. The number of carbonyl (C=O) groups excluding carboxylic acids is 1. The van der Waals surface area contributed by atoms with Crippen LogP contribution in [-0.4, -0.2) is 30.3 Å². The highest BCUT2D eigenvalue weighted by Crippen LogP contribution is 2.35. The van der Waals surface area contributed by atoms with Gasteiger partial charge < -0.3 is 5.32 Å². The van der Waals surface area contributed by atoms with Crippen LogP contribution in [0.15, 0.2) is 72.9 Å². The molecule has 0 aliphatic carbocycles. The van der Waals surface area contributed by atoms with Gasteiger partial charge >= 0.3 is 6.18 Å². The van der Waals surface area contributed by atoms with Gasteiger partial charge in [-0.1, -0.05) is 60.1 Å². The number of halogens is 5. The molecule has 7 nitrogen and oxygen atoms in total. The monoisotopic (exact) mass is 592 g/mol. The van der Waals surface area contributed by atoms with E-state index in [0.29, 0.717) is 32.7 Å². The van der Waals surface area contributed by atoms with Crippen LogP contribution in [-0.2, 0) is 12.7 Å². The number of nitrogens with zero attached hydrogens (tertiary/aromatic N) is 5. The summed E-state index contributed by atoms with van der Waals surface area (Å²) in [5.74, 6) is -1.17. The van der Waals surface area contributed by atoms with Crippen molar-refractivity contribution >= 4 is 39.6 Å². The third-order valence-corrected chi connectivity index (χ3v) is 7.38. The molecule has 0 spiro atoms. The summed E-state index contributed by atoms with van der Waals surface area (Å²) in [5.41, 5.74) is 1.12. The molecule has 6 rings (SSSR count). The number of hydrogen-bond acceptors (Lipinski definition) is 4. The maximum Gasteiger partial charge on any atom is 0.433 e. The molecule has 12 heteroatoms. The van der Waals surface area contributed by atoms with E-state index in [4.69, 9.17) is 11.6 Å². The van der Waals surface area contributed by atoms with E-state index in [0.717, 1.165) is 23.0 Å². The van der Waals surface area contributed by atoms with Crippen LogP contribution in [0.3, 0.4) is 0 Å². The predicted octanol–water partition coefficient (Wildman–Crippen LogP) is 7.47. The van der Waals surface area contributed by atoms with E-state index >= 15 is 0 Å². The van der Waals surface area contributed by atoms with E-state index in [1.165, 1.54) is 12.1 Å². The van der Waals surface area contributed by atoms with Crippen molar-refractivity contribution in [3.8, 4) is 11.3 Å². The molecule has 3 aromatic heterocycles. The lowest BCUT2D eigenvalue weighted by molar-refractivity contribution is -0.142. The molecule has 1 N–H and O–H groups in total. The van der Waals surface area contributed by atoms with E-state index in [1.54, 1.807) is 48.9 Å². The van der Waals surface area contributed by atoms with E-state index in [9.17, 15) is 22.4 Å². The molecule has 3 aromatic carbocycles. The second-order valence-corrected chi connectivity index (χ2v) is 10.1. The molecule has 0 saturated heterocycles. The molecule has 6 aromatic rings. The lowest BCUT2D eigenvalue weighted by Crippen LogP contribution is -2.16. The van der Waals surface area contributed by atoms with Crippen molar-refractivity contribution in [2.45, 2.75) is 26.6 Å². The number of amides is 1. The second-order valence-electron chi connectivity index (χ2n) is 9.74. The number of alkyl halides is 3. The maximum absolute atomic E-state index is 14.2. The molecule has 1 amide bonds. The number of benzene rings is 3. The van der Waals surface area contributed by atoms with Crippen molar-refractivity contribution < 1.29 is 22.4 Å². The van der Waals surface area contributed by atoms with Crippen molar-refractivity contribution in [1.29, 1.82) is 0 Å². The first-order valence-electron chi connectivity index (χ1n) is 12.7. The normalized spacial score (nSPS) is 11.9. The average Bonchev–Trinajstić information content (AvgIpc) is 3.49. The maximum atomic E-state index is 14.2. The number of aryl methyl sites for hydroxylation is 1. The largest absolute Gasteiger partial charge is 0.433 e. The minimum atomic E-state index is -4.77. The highest BCUT2D eigenvalue weighted by Gasteiger charge is 2.36. The van der Waals surface area contributed by atoms with Gasteiger partial charge in [-0.3, -0.25) is 9.48 Å². The Morgan fingerprint density at radius 3 is 2.55 bits per heavy atom. The zero-order valence-corrected chi connectivity index (χ0v) is 22.9. The number of rotatable bonds is 5. The fourth-order valence-electron chi connectivity index (χ4n) is 4.94. The van der Waals surface area contributed by atoms with Gasteiger partial charge in [0.25, 0.3) is 5.91 Å². The first-order chi connectivity index (χ1) is 20.0. The van der Waals surface area contributed by atoms with Gasteiger partial charge in [0.05, 0.1) is 35.5 Å². The Morgan fingerprint density at radius 2 is 1.79 bits per heavy atom. The lowest BCUT2D eigenvalue weighted by atomic mass is 10.0. The van der Waals surface area contributed by atoms with E-state index < -0.39 is 23.6 Å². The summed E-state index contributed by atoms with van der Waals surface area (Å²) in [7, 11) is 0. The fourth-order valence-corrected chi connectivity index (χ4v) is 5.16. The first kappa shape index (κ1) is 27.4. The van der Waals surface area contributed by atoms with Crippen molar-refractivity contribution in [3.05, 3.63) is 112 Å². The molecular formula is C30H21ClF4N6O. The van der Waals surface area contributed by atoms with Crippen LogP contribution in [0, 0.1) is 19.7 Å². The zero-order valence-electron chi connectivity index (χ0n) is 22.2. The van der Waals surface area contributed by atoms with Crippen LogP contribution in [0.2, 0.25) is 5.02 Å². The molecule has 42 heavy (non-hydrogen) atoms. The fraction of sp³-hybridized carbons (Fsp3) is 0.133. The SMILES string of the molecule is Cc1nn(Cc2ccc(F)cc2Cl)c(C)c1NC(=O)c1cnn2c(C(F)(F)F)cc(-c3cccc4ccccc34)nc12. The van der Waals surface area contributed by atoms with Crippen molar-refractivity contribution in [1.82, 2.24) is 24.4 Å². The van der Waals surface area contributed by atoms with Crippen LogP contribution in [0.4, 0.5) is 23.2 Å². The van der Waals surface area contributed by atoms with Crippen LogP contribution in [0.5, 0.6) is 0 Å². The van der Waals surface area contributed by atoms with E-state index in [2.05, 4.69) is 20.5 Å². The smallest absolute Gasteiger partial charge is 0.319 e. The number of nitrogens with one attached hydrogen (secondary N) is 1. The molecule has 0 unspecified atom stereocenters. The molecule has 0 aliphatic heterocycles. The standard InChI is InChI=1S/C30H21ClF4N6O/c1-16-27(17(2)40(39-16)15-19-10-11-20(32)12-24(19)31)38-29(42)23-14-36-41-26(30(33,34)35)13-25(37-28(23)41)22-9-5-7-18-6-3-4-8-21(18)22/h3-14H,15H2,1-2H3,(H,38,42). The summed E-state index contributed by atoms with van der Waals surface area (Å²) >= 11 is 6.17. The van der Waals surface area contributed by atoms with E-state index in [-0.39, 0.29) is 28.5 Å². The third kappa shape index (κ3) is 4.85. The van der Waals surface area contributed by atoms with Gasteiger partial charge in [-0.25, -0.2) is 13.9 Å². The van der Waals surface area contributed by atoms with Gasteiger partial charge in [0.15, 0.2) is 11.3 Å². The van der Waals surface area contributed by atoms with Gasteiger partial charge in [0.1, 0.15) is 11.4 Å². The molecule has 0 saturated carbocycles. The summed E-state index contributed by atoms with van der Waals surface area (Å²) in [4.78, 5) is 18.0. The molecule has 0 radical (unpaired) electrons. The topological polar surface area (TPSA) is 77.1 Å². The van der Waals surface area contributed by atoms with Crippen molar-refractivity contribution in [3.63, 3.8) is 0 Å². The highest BCUT2D eigenvalue weighted by atomic mass is 35.5. The quantitative estimate of drug-likeness (QED) is 0.211. The van der Waals surface area contributed by atoms with Crippen LogP contribution < -0.4 is 5.32 Å². The zero-order chi connectivity index (χ0) is 29.8. The number of aromatic nitrogens is 5. The highest BCUT2D eigenvalue weighted by molar-refractivity contribution is 6.31. The van der Waals surface area contributed by atoms with Crippen LogP contribution in [0.25, 0.3) is 27.7 Å². The van der Waals surface area contributed by atoms with Crippen LogP contribution >= 0.6 is 11.6 Å². The molecular weight excluding hydrogens is 572 g/mol. The Bertz CT molecular complexity index is 2010. The summed E-state index contributed by atoms with van der Waals surface area (Å²) in [6, 6.07) is 17.5. The number of anilines is 1. The Morgan fingerprint density at radius 1 is 1.02 bits per heavy atom. The van der Waals surface area contributed by atoms with Gasteiger partial charge in [-0.05, 0) is 48.4 Å².